The lowest BCUT2D eigenvalue weighted by molar-refractivity contribution is 0.00706. The monoisotopic (exact) mass is 554 g/mol. The van der Waals surface area contributed by atoms with Crippen LogP contribution in [-0.2, 0) is 22.9 Å². The molecular weight excluding hydrogens is 531 g/mol. The Morgan fingerprint density at radius 3 is 2.82 bits per heavy atom. The van der Waals surface area contributed by atoms with Crippen LogP contribution >= 0.6 is 11.6 Å². The van der Waals surface area contributed by atoms with Crippen LogP contribution in [0.2, 0.25) is 5.02 Å². The van der Waals surface area contributed by atoms with E-state index in [9.17, 15) is 9.90 Å². The van der Waals surface area contributed by atoms with Gasteiger partial charge in [0.15, 0.2) is 11.8 Å². The molecule has 1 aliphatic carbocycles. The zero-order valence-corrected chi connectivity index (χ0v) is 21.5. The quantitative estimate of drug-likeness (QED) is 0.386. The number of aromatic nitrogens is 4. The molecule has 202 valence electrons. The van der Waals surface area contributed by atoms with Crippen LogP contribution in [0, 0.1) is 5.82 Å². The number of aliphatic hydroxyl groups excluding tert-OH is 1. The average Bonchev–Trinajstić information content (AvgIpc) is 3.67. The molecule has 39 heavy (non-hydrogen) atoms. The van der Waals surface area contributed by atoms with Gasteiger partial charge in [0.2, 0.25) is 5.88 Å². The first kappa shape index (κ1) is 24.5. The largest absolute Gasteiger partial charge is 0.468 e. The van der Waals surface area contributed by atoms with E-state index >= 15 is 4.39 Å². The predicted molar refractivity (Wildman–Crippen MR) is 138 cm³/mol. The number of aromatic amines is 1. The molecule has 0 amide bonds. The number of pyridine rings is 2. The second-order valence-corrected chi connectivity index (χ2v) is 10.5. The molecule has 2 fully saturated rings. The molecule has 0 bridgehead atoms. The predicted octanol–water partition coefficient (Wildman–Crippen LogP) is 3.09. The van der Waals surface area contributed by atoms with Gasteiger partial charge < -0.3 is 33.6 Å². The van der Waals surface area contributed by atoms with Gasteiger partial charge in [-0.05, 0) is 47.7 Å². The summed E-state index contributed by atoms with van der Waals surface area (Å²) < 4.78 is 40.1. The molecule has 0 radical (unpaired) electrons. The number of halogens is 2. The van der Waals surface area contributed by atoms with E-state index in [0.717, 1.165) is 5.56 Å². The van der Waals surface area contributed by atoms with Crippen molar-refractivity contribution in [3.05, 3.63) is 68.8 Å². The van der Waals surface area contributed by atoms with E-state index in [1.54, 1.807) is 25.4 Å². The zero-order valence-electron chi connectivity index (χ0n) is 20.8. The molecule has 2 saturated heterocycles. The average molecular weight is 555 g/mol. The summed E-state index contributed by atoms with van der Waals surface area (Å²) in [5.41, 5.74) is 3.28. The van der Waals surface area contributed by atoms with Crippen LogP contribution in [0.3, 0.4) is 0 Å². The summed E-state index contributed by atoms with van der Waals surface area (Å²) in [4.78, 5) is 23.9. The van der Waals surface area contributed by atoms with E-state index < -0.39 is 30.2 Å². The third kappa shape index (κ3) is 4.26. The van der Waals surface area contributed by atoms with Crippen molar-refractivity contribution in [3.8, 4) is 23.0 Å². The van der Waals surface area contributed by atoms with Crippen molar-refractivity contribution in [2.45, 2.75) is 43.4 Å². The lowest BCUT2D eigenvalue weighted by Crippen LogP contribution is -2.34. The molecule has 2 unspecified atom stereocenters. The molecule has 10 nitrogen and oxygen atoms in total. The fourth-order valence-corrected chi connectivity index (χ4v) is 5.72. The van der Waals surface area contributed by atoms with Crippen molar-refractivity contribution in [1.29, 1.82) is 0 Å². The Bertz CT molecular complexity index is 1660. The minimum atomic E-state index is -0.677. The van der Waals surface area contributed by atoms with E-state index in [1.165, 1.54) is 16.7 Å². The number of ether oxygens (including phenoxy) is 4. The van der Waals surface area contributed by atoms with Gasteiger partial charge in [-0.1, -0.05) is 17.7 Å². The minimum Gasteiger partial charge on any atom is -0.468 e. The van der Waals surface area contributed by atoms with Crippen LogP contribution in [0.25, 0.3) is 22.3 Å². The first-order valence-corrected chi connectivity index (χ1v) is 13.0. The first-order valence-electron chi connectivity index (χ1n) is 12.6. The smallest absolute Gasteiger partial charge is 0.296 e. The Hall–Kier alpha value is -3.51. The van der Waals surface area contributed by atoms with Crippen molar-refractivity contribution in [3.63, 3.8) is 0 Å². The Morgan fingerprint density at radius 1 is 1.13 bits per heavy atom. The second-order valence-electron chi connectivity index (χ2n) is 10.0. The maximum Gasteiger partial charge on any atom is 0.296 e. The Morgan fingerprint density at radius 2 is 1.97 bits per heavy atom. The van der Waals surface area contributed by atoms with Crippen LogP contribution in [0.4, 0.5) is 4.39 Å². The van der Waals surface area contributed by atoms with E-state index in [1.807, 2.05) is 6.07 Å². The van der Waals surface area contributed by atoms with E-state index in [2.05, 4.69) is 15.0 Å². The normalized spacial score (nSPS) is 25.7. The van der Waals surface area contributed by atoms with Gasteiger partial charge in [0.1, 0.15) is 35.3 Å². The number of benzene rings is 1. The van der Waals surface area contributed by atoms with Gasteiger partial charge in [0.05, 0.1) is 18.7 Å². The molecule has 0 saturated carbocycles. The number of hydrogen-bond acceptors (Lipinski definition) is 8. The molecule has 5 atom stereocenters. The highest BCUT2D eigenvalue weighted by Gasteiger charge is 2.48. The van der Waals surface area contributed by atoms with Gasteiger partial charge in [-0.2, -0.15) is 9.97 Å². The van der Waals surface area contributed by atoms with Crippen LogP contribution in [-0.4, -0.2) is 62.3 Å². The van der Waals surface area contributed by atoms with Crippen molar-refractivity contribution in [2.24, 2.45) is 7.05 Å². The van der Waals surface area contributed by atoms with Crippen LogP contribution in [0.1, 0.15) is 23.7 Å². The van der Waals surface area contributed by atoms with Crippen molar-refractivity contribution >= 4 is 22.8 Å². The lowest BCUT2D eigenvalue weighted by atomic mass is 10.00. The maximum atomic E-state index is 15.4. The molecule has 1 aromatic carbocycles. The lowest BCUT2D eigenvalue weighted by Gasteiger charge is -2.16. The fourth-order valence-electron chi connectivity index (χ4n) is 5.53. The summed E-state index contributed by atoms with van der Waals surface area (Å²) in [6.07, 6.45) is 0.338. The number of H-pyrrole nitrogens is 1. The van der Waals surface area contributed by atoms with Gasteiger partial charge in [0, 0.05) is 24.9 Å². The maximum absolute atomic E-state index is 15.4. The summed E-state index contributed by atoms with van der Waals surface area (Å²) in [7, 11) is 1.67. The highest BCUT2D eigenvalue weighted by molar-refractivity contribution is 6.32. The highest BCUT2D eigenvalue weighted by Crippen LogP contribution is 2.40. The van der Waals surface area contributed by atoms with E-state index in [-0.39, 0.29) is 41.8 Å². The first-order chi connectivity index (χ1) is 18.8. The summed E-state index contributed by atoms with van der Waals surface area (Å²) >= 11 is 6.48. The van der Waals surface area contributed by atoms with Gasteiger partial charge >= 0.3 is 0 Å². The van der Waals surface area contributed by atoms with Gasteiger partial charge in [-0.15, -0.1) is 0 Å². The topological polar surface area (TPSA) is 121 Å². The van der Waals surface area contributed by atoms with Crippen LogP contribution in [0.15, 0.2) is 41.3 Å². The summed E-state index contributed by atoms with van der Waals surface area (Å²) in [5, 5.41) is 10.2. The minimum absolute atomic E-state index is 0.140. The SMILES string of the molecule is Cn1ccc(-c2cc(F)c3c(c2)CCC3Oc2nc3nc(O[C@@H]4COC5[C@H](O)CO[C@@H]54)[nH]c3cc2Cl)cc1=O. The van der Waals surface area contributed by atoms with Crippen molar-refractivity contribution in [1.82, 2.24) is 19.5 Å². The number of aliphatic hydroxyl groups is 1. The Kier molecular flexibility index (Phi) is 5.85. The number of nitrogens with one attached hydrogen (secondary N) is 1. The second kappa shape index (κ2) is 9.30. The number of hydrogen-bond donors (Lipinski definition) is 2. The van der Waals surface area contributed by atoms with Crippen molar-refractivity contribution < 1.29 is 28.4 Å². The molecule has 2 aliphatic heterocycles. The molecule has 4 aromatic rings. The summed E-state index contributed by atoms with van der Waals surface area (Å²) in [6.45, 7) is 0.465. The highest BCUT2D eigenvalue weighted by atomic mass is 35.5. The molecule has 7 rings (SSSR count). The van der Waals surface area contributed by atoms with E-state index in [4.69, 9.17) is 30.5 Å². The summed E-state index contributed by atoms with van der Waals surface area (Å²) in [5.74, 6) is -0.267. The molecule has 0 spiro atoms. The van der Waals surface area contributed by atoms with Gasteiger partial charge in [-0.25, -0.2) is 4.39 Å². The summed E-state index contributed by atoms with van der Waals surface area (Å²) in [6, 6.07) is 8.45. The van der Waals surface area contributed by atoms with Gasteiger partial charge in [-0.3, -0.25) is 4.79 Å². The number of rotatable bonds is 5. The number of fused-ring (bicyclic) bond motifs is 3. The standard InChI is InChI=1S/C27H24ClFN4O6/c1-33-5-4-12(8-21(33)35)14-6-13-2-3-19(22(13)16(29)7-14)38-26-15(28)9-17-25(31-26)32-27(30-17)39-20-11-37-23-18(34)10-36-24(20)23/h4-9,18-20,23-24,34H,2-3,10-11H2,1H3,(H,30,31,32)/t18-,19?,20-,23?,24-/m1/s1. The molecule has 2 N–H and O–H groups in total. The Labute approximate surface area is 226 Å². The third-order valence-electron chi connectivity index (χ3n) is 7.52. The molecular formula is C27H24ClFN4O6. The molecule has 3 aliphatic rings. The number of aryl methyl sites for hydroxylation is 2. The van der Waals surface area contributed by atoms with Gasteiger partial charge in [0.25, 0.3) is 11.6 Å². The van der Waals surface area contributed by atoms with E-state index in [0.29, 0.717) is 40.7 Å². The van der Waals surface area contributed by atoms with Crippen LogP contribution in [0.5, 0.6) is 11.9 Å². The Balaban J connectivity index is 1.12. The number of imidazole rings is 1. The van der Waals surface area contributed by atoms with Crippen molar-refractivity contribution in [2.75, 3.05) is 13.2 Å². The van der Waals surface area contributed by atoms with Crippen LogP contribution < -0.4 is 15.0 Å². The molecule has 5 heterocycles. The molecule has 3 aromatic heterocycles. The third-order valence-corrected chi connectivity index (χ3v) is 7.79. The zero-order chi connectivity index (χ0) is 26.8. The number of nitrogens with zero attached hydrogens (tertiary/aromatic N) is 3. The fraction of sp³-hybridized carbons (Fsp3) is 0.370. The molecule has 12 heteroatoms.